The van der Waals surface area contributed by atoms with E-state index in [9.17, 15) is 9.18 Å². The van der Waals surface area contributed by atoms with Crippen molar-refractivity contribution in [3.63, 3.8) is 0 Å². The topological polar surface area (TPSA) is 77.2 Å². The van der Waals surface area contributed by atoms with E-state index in [2.05, 4.69) is 10.3 Å². The first-order chi connectivity index (χ1) is 9.06. The van der Waals surface area contributed by atoms with Gasteiger partial charge in [0, 0.05) is 0 Å². The minimum Gasteiger partial charge on any atom is -0.491 e. The predicted molar refractivity (Wildman–Crippen MR) is 63.6 cm³/mol. The molecule has 2 rings (SSSR count). The van der Waals surface area contributed by atoms with Crippen molar-refractivity contribution in [3.05, 3.63) is 41.5 Å². The van der Waals surface area contributed by atoms with Crippen LogP contribution in [0.15, 0.2) is 24.4 Å². The Bertz CT molecular complexity index is 598. The molecule has 0 amide bonds. The highest BCUT2D eigenvalue weighted by atomic mass is 19.1. The zero-order valence-electron chi connectivity index (χ0n) is 10.2. The number of hydrogen-bond acceptors (Lipinski definition) is 4. The first-order valence-corrected chi connectivity index (χ1v) is 5.58. The Balaban J connectivity index is 1.90. The summed E-state index contributed by atoms with van der Waals surface area (Å²) in [5.41, 5.74) is 0.586. The number of aryl methyl sites for hydroxylation is 1. The van der Waals surface area contributed by atoms with E-state index >= 15 is 0 Å². The summed E-state index contributed by atoms with van der Waals surface area (Å²) in [6.07, 6.45) is 1.32. The Kier molecular flexibility index (Phi) is 3.74. The van der Waals surface area contributed by atoms with E-state index in [1.807, 2.05) is 0 Å². The number of nitrogens with zero attached hydrogens (tertiary/aromatic N) is 3. The lowest BCUT2D eigenvalue weighted by Crippen LogP contribution is -2.09. The Morgan fingerprint density at radius 2 is 2.32 bits per heavy atom. The maximum absolute atomic E-state index is 12.9. The largest absolute Gasteiger partial charge is 0.491 e. The molecule has 0 unspecified atom stereocenters. The molecule has 1 N–H and O–H groups in total. The van der Waals surface area contributed by atoms with Crippen LogP contribution in [0.2, 0.25) is 0 Å². The molecule has 0 saturated carbocycles. The van der Waals surface area contributed by atoms with Crippen LogP contribution in [0.5, 0.6) is 5.75 Å². The van der Waals surface area contributed by atoms with E-state index in [1.54, 1.807) is 13.0 Å². The molecule has 2 aromatic rings. The fourth-order valence-corrected chi connectivity index (χ4v) is 1.53. The predicted octanol–water partition coefficient (Wildman–Crippen LogP) is 1.50. The lowest BCUT2D eigenvalue weighted by molar-refractivity contribution is 0.0690. The van der Waals surface area contributed by atoms with E-state index < -0.39 is 5.97 Å². The molecule has 100 valence electrons. The number of rotatable bonds is 5. The molecule has 0 aliphatic carbocycles. The van der Waals surface area contributed by atoms with Crippen molar-refractivity contribution >= 4 is 5.97 Å². The number of aromatic carboxylic acids is 1. The van der Waals surface area contributed by atoms with Crippen LogP contribution in [0.4, 0.5) is 4.39 Å². The van der Waals surface area contributed by atoms with Gasteiger partial charge < -0.3 is 9.84 Å². The SMILES string of the molecule is Cc1cc(F)ccc1OCCn1cc(C(=O)O)nn1. The van der Waals surface area contributed by atoms with Gasteiger partial charge in [0.2, 0.25) is 0 Å². The van der Waals surface area contributed by atoms with Crippen molar-refractivity contribution in [2.75, 3.05) is 6.61 Å². The van der Waals surface area contributed by atoms with Crippen LogP contribution in [0, 0.1) is 12.7 Å². The van der Waals surface area contributed by atoms with Gasteiger partial charge in [0.25, 0.3) is 0 Å². The highest BCUT2D eigenvalue weighted by Gasteiger charge is 2.08. The Morgan fingerprint density at radius 1 is 1.53 bits per heavy atom. The van der Waals surface area contributed by atoms with E-state index in [1.165, 1.54) is 23.0 Å². The fourth-order valence-electron chi connectivity index (χ4n) is 1.53. The molecule has 0 bridgehead atoms. The molecule has 6 nitrogen and oxygen atoms in total. The minimum atomic E-state index is -1.12. The summed E-state index contributed by atoms with van der Waals surface area (Å²) in [4.78, 5) is 10.6. The monoisotopic (exact) mass is 265 g/mol. The average Bonchev–Trinajstić information content (AvgIpc) is 2.81. The zero-order chi connectivity index (χ0) is 13.8. The molecule has 0 fully saturated rings. The first-order valence-electron chi connectivity index (χ1n) is 5.58. The minimum absolute atomic E-state index is 0.113. The normalized spacial score (nSPS) is 10.4. The molecule has 0 aliphatic rings. The van der Waals surface area contributed by atoms with Gasteiger partial charge in [-0.15, -0.1) is 5.10 Å². The van der Waals surface area contributed by atoms with Crippen molar-refractivity contribution < 1.29 is 19.0 Å². The zero-order valence-corrected chi connectivity index (χ0v) is 10.2. The van der Waals surface area contributed by atoms with E-state index in [4.69, 9.17) is 9.84 Å². The third kappa shape index (κ3) is 3.27. The number of aromatic nitrogens is 3. The van der Waals surface area contributed by atoms with Crippen molar-refractivity contribution in [1.82, 2.24) is 15.0 Å². The number of carboxylic acid groups (broad SMARTS) is 1. The quantitative estimate of drug-likeness (QED) is 0.886. The standard InChI is InChI=1S/C12H12FN3O3/c1-8-6-9(13)2-3-11(8)19-5-4-16-7-10(12(17)18)14-15-16/h2-3,6-7H,4-5H2,1H3,(H,17,18). The van der Waals surface area contributed by atoms with Crippen molar-refractivity contribution in [2.24, 2.45) is 0 Å². The first kappa shape index (κ1) is 13.0. The Hall–Kier alpha value is -2.44. The molecule has 0 aliphatic heterocycles. The third-order valence-electron chi connectivity index (χ3n) is 2.47. The number of carboxylic acids is 1. The van der Waals surface area contributed by atoms with Gasteiger partial charge in [0.1, 0.15) is 18.2 Å². The van der Waals surface area contributed by atoms with Crippen molar-refractivity contribution in [2.45, 2.75) is 13.5 Å². The van der Waals surface area contributed by atoms with Crippen LogP contribution in [-0.2, 0) is 6.54 Å². The second kappa shape index (κ2) is 5.47. The molecule has 1 heterocycles. The summed E-state index contributed by atoms with van der Waals surface area (Å²) >= 11 is 0. The van der Waals surface area contributed by atoms with Crippen LogP contribution in [-0.4, -0.2) is 32.7 Å². The summed E-state index contributed by atoms with van der Waals surface area (Å²) in [5.74, 6) is -0.853. The van der Waals surface area contributed by atoms with E-state index in [0.717, 1.165) is 0 Å². The van der Waals surface area contributed by atoms with Crippen LogP contribution in [0.3, 0.4) is 0 Å². The van der Waals surface area contributed by atoms with Crippen molar-refractivity contribution in [3.8, 4) is 5.75 Å². The van der Waals surface area contributed by atoms with Gasteiger partial charge in [0.05, 0.1) is 12.7 Å². The highest BCUT2D eigenvalue weighted by molar-refractivity contribution is 5.84. The fraction of sp³-hybridized carbons (Fsp3) is 0.250. The lowest BCUT2D eigenvalue weighted by atomic mass is 10.2. The maximum atomic E-state index is 12.9. The molecular weight excluding hydrogens is 253 g/mol. The second-order valence-corrected chi connectivity index (χ2v) is 3.93. The summed E-state index contributed by atoms with van der Waals surface area (Å²) < 4.78 is 19.7. The summed E-state index contributed by atoms with van der Waals surface area (Å²) in [5, 5.41) is 15.8. The van der Waals surface area contributed by atoms with Crippen LogP contribution >= 0.6 is 0 Å². The van der Waals surface area contributed by atoms with Crippen LogP contribution in [0.25, 0.3) is 0 Å². The lowest BCUT2D eigenvalue weighted by Gasteiger charge is -2.08. The average molecular weight is 265 g/mol. The molecule has 1 aromatic heterocycles. The number of ether oxygens (including phenoxy) is 1. The van der Waals surface area contributed by atoms with Gasteiger partial charge >= 0.3 is 5.97 Å². The van der Waals surface area contributed by atoms with Crippen molar-refractivity contribution in [1.29, 1.82) is 0 Å². The smallest absolute Gasteiger partial charge is 0.358 e. The van der Waals surface area contributed by atoms with E-state index in [0.29, 0.717) is 17.9 Å². The van der Waals surface area contributed by atoms with Gasteiger partial charge in [0.15, 0.2) is 5.69 Å². The third-order valence-corrected chi connectivity index (χ3v) is 2.47. The molecule has 0 radical (unpaired) electrons. The Morgan fingerprint density at radius 3 is 2.95 bits per heavy atom. The molecule has 19 heavy (non-hydrogen) atoms. The second-order valence-electron chi connectivity index (χ2n) is 3.93. The van der Waals surface area contributed by atoms with E-state index in [-0.39, 0.29) is 18.1 Å². The van der Waals surface area contributed by atoms with Gasteiger partial charge in [-0.05, 0) is 30.7 Å². The maximum Gasteiger partial charge on any atom is 0.358 e. The molecular formula is C12H12FN3O3. The Labute approximate surface area is 108 Å². The van der Waals surface area contributed by atoms with Gasteiger partial charge in [-0.25, -0.2) is 13.9 Å². The molecule has 7 heteroatoms. The summed E-state index contributed by atoms with van der Waals surface area (Å²) in [6.45, 7) is 2.39. The molecule has 0 saturated heterocycles. The highest BCUT2D eigenvalue weighted by Crippen LogP contribution is 2.18. The van der Waals surface area contributed by atoms with Gasteiger partial charge in [-0.2, -0.15) is 0 Å². The molecule has 0 spiro atoms. The summed E-state index contributed by atoms with van der Waals surface area (Å²) in [7, 11) is 0. The van der Waals surface area contributed by atoms with Gasteiger partial charge in [-0.3, -0.25) is 0 Å². The molecule has 1 aromatic carbocycles. The van der Waals surface area contributed by atoms with Crippen LogP contribution < -0.4 is 4.74 Å². The van der Waals surface area contributed by atoms with Gasteiger partial charge in [-0.1, -0.05) is 5.21 Å². The van der Waals surface area contributed by atoms with Crippen LogP contribution in [0.1, 0.15) is 16.1 Å². The number of benzene rings is 1. The summed E-state index contributed by atoms with van der Waals surface area (Å²) in [6, 6.07) is 4.25. The molecule has 0 atom stereocenters. The number of carbonyl (C=O) groups is 1. The number of halogens is 1. The number of hydrogen-bond donors (Lipinski definition) is 1.